The average molecular weight is 381 g/mol. The number of aryl methyl sites for hydroxylation is 2. The highest BCUT2D eigenvalue weighted by molar-refractivity contribution is 5.68. The topological polar surface area (TPSA) is 30.5 Å². The summed E-state index contributed by atoms with van der Waals surface area (Å²) in [5, 5.41) is 3.53. The molecule has 0 spiro atoms. The molecule has 0 atom stereocenters. The van der Waals surface area contributed by atoms with Crippen molar-refractivity contribution in [2.24, 2.45) is 0 Å². The fraction of sp³-hybridized carbons (Fsp3) is 0.0769. The van der Waals surface area contributed by atoms with Crippen molar-refractivity contribution in [1.82, 2.24) is 0 Å². The Kier molecular flexibility index (Phi) is 5.48. The molecule has 1 N–H and O–H groups in total. The van der Waals surface area contributed by atoms with E-state index in [-0.39, 0.29) is 0 Å². The van der Waals surface area contributed by atoms with Crippen LogP contribution in [0.25, 0.3) is 0 Å². The molecule has 3 heteroatoms. The maximum Gasteiger partial charge on any atom is 0.129 e. The van der Waals surface area contributed by atoms with Crippen molar-refractivity contribution in [1.29, 1.82) is 0 Å². The predicted octanol–water partition coefficient (Wildman–Crippen LogP) is 7.63. The van der Waals surface area contributed by atoms with Gasteiger partial charge in [0.25, 0.3) is 0 Å². The van der Waals surface area contributed by atoms with Crippen LogP contribution < -0.4 is 14.8 Å². The zero-order valence-electron chi connectivity index (χ0n) is 16.6. The third-order valence-corrected chi connectivity index (χ3v) is 4.65. The minimum atomic E-state index is 0.790. The maximum atomic E-state index is 5.98. The smallest absolute Gasteiger partial charge is 0.129 e. The van der Waals surface area contributed by atoms with Crippen molar-refractivity contribution >= 4 is 11.4 Å². The molecule has 0 aliphatic heterocycles. The van der Waals surface area contributed by atoms with Gasteiger partial charge in [-0.05, 0) is 61.4 Å². The summed E-state index contributed by atoms with van der Waals surface area (Å²) in [5.74, 6) is 3.21. The Morgan fingerprint density at radius 3 is 1.31 bits per heavy atom. The summed E-state index contributed by atoms with van der Waals surface area (Å²) < 4.78 is 12.0. The van der Waals surface area contributed by atoms with Gasteiger partial charge < -0.3 is 14.8 Å². The predicted molar refractivity (Wildman–Crippen MR) is 119 cm³/mol. The highest BCUT2D eigenvalue weighted by atomic mass is 16.5. The maximum absolute atomic E-state index is 5.98. The van der Waals surface area contributed by atoms with Gasteiger partial charge in [0.2, 0.25) is 0 Å². The first-order valence-electron chi connectivity index (χ1n) is 9.61. The Hall–Kier alpha value is -3.72. The second kappa shape index (κ2) is 8.53. The van der Waals surface area contributed by atoms with Gasteiger partial charge in [-0.3, -0.25) is 0 Å². The van der Waals surface area contributed by atoms with Crippen molar-refractivity contribution in [3.05, 3.63) is 108 Å². The van der Waals surface area contributed by atoms with Gasteiger partial charge in [0.05, 0.1) is 0 Å². The second-order valence-electron chi connectivity index (χ2n) is 6.91. The second-order valence-corrected chi connectivity index (χ2v) is 6.91. The van der Waals surface area contributed by atoms with E-state index in [9.17, 15) is 0 Å². The molecule has 0 unspecified atom stereocenters. The molecule has 0 saturated heterocycles. The molecule has 4 rings (SSSR count). The van der Waals surface area contributed by atoms with Crippen molar-refractivity contribution in [3.8, 4) is 23.0 Å². The highest BCUT2D eigenvalue weighted by Crippen LogP contribution is 2.32. The lowest BCUT2D eigenvalue weighted by Crippen LogP contribution is -1.97. The lowest BCUT2D eigenvalue weighted by Gasteiger charge is -2.15. The molecule has 0 aliphatic carbocycles. The Morgan fingerprint density at radius 1 is 0.483 bits per heavy atom. The van der Waals surface area contributed by atoms with Crippen LogP contribution in [0.15, 0.2) is 97.1 Å². The van der Waals surface area contributed by atoms with Crippen LogP contribution in [0.4, 0.5) is 11.4 Å². The van der Waals surface area contributed by atoms with Gasteiger partial charge in [-0.2, -0.15) is 0 Å². The minimum Gasteiger partial charge on any atom is -0.457 e. The minimum absolute atomic E-state index is 0.790. The van der Waals surface area contributed by atoms with Crippen LogP contribution in [0.1, 0.15) is 11.1 Å². The molecule has 0 heterocycles. The van der Waals surface area contributed by atoms with Gasteiger partial charge in [-0.15, -0.1) is 0 Å². The first kappa shape index (κ1) is 18.6. The molecule has 0 aliphatic rings. The summed E-state index contributed by atoms with van der Waals surface area (Å²) >= 11 is 0. The van der Waals surface area contributed by atoms with Crippen LogP contribution in [0.5, 0.6) is 23.0 Å². The molecule has 0 aromatic heterocycles. The van der Waals surface area contributed by atoms with Crippen molar-refractivity contribution in [2.45, 2.75) is 13.8 Å². The summed E-state index contributed by atoms with van der Waals surface area (Å²) in [6.07, 6.45) is 0. The number of hydrogen-bond acceptors (Lipinski definition) is 3. The van der Waals surface area contributed by atoms with Gasteiger partial charge in [0.1, 0.15) is 23.0 Å². The lowest BCUT2D eigenvalue weighted by molar-refractivity contribution is 0.483. The van der Waals surface area contributed by atoms with E-state index >= 15 is 0 Å². The van der Waals surface area contributed by atoms with E-state index in [0.717, 1.165) is 45.5 Å². The Balaban J connectivity index is 1.57. The molecule has 4 aromatic rings. The Morgan fingerprint density at radius 2 is 0.897 bits per heavy atom. The molecule has 0 radical (unpaired) electrons. The summed E-state index contributed by atoms with van der Waals surface area (Å²) in [7, 11) is 0. The van der Waals surface area contributed by atoms with Crippen LogP contribution in [-0.2, 0) is 0 Å². The number of anilines is 2. The quantitative estimate of drug-likeness (QED) is 0.372. The molecule has 0 amide bonds. The van der Waals surface area contributed by atoms with Gasteiger partial charge in [-0.1, -0.05) is 48.5 Å². The van der Waals surface area contributed by atoms with E-state index in [2.05, 4.69) is 31.3 Å². The van der Waals surface area contributed by atoms with E-state index < -0.39 is 0 Å². The van der Waals surface area contributed by atoms with E-state index in [0.29, 0.717) is 0 Å². The van der Waals surface area contributed by atoms with E-state index in [1.807, 2.05) is 84.9 Å². The Bertz CT molecular complexity index is 1000. The van der Waals surface area contributed by atoms with Crippen molar-refractivity contribution in [2.75, 3.05) is 5.32 Å². The van der Waals surface area contributed by atoms with Crippen LogP contribution in [0, 0.1) is 13.8 Å². The normalized spacial score (nSPS) is 10.4. The highest BCUT2D eigenvalue weighted by Gasteiger charge is 2.07. The van der Waals surface area contributed by atoms with Crippen LogP contribution in [0.3, 0.4) is 0 Å². The van der Waals surface area contributed by atoms with Crippen molar-refractivity contribution in [3.63, 3.8) is 0 Å². The number of rotatable bonds is 6. The molecular formula is C26H23NO2. The number of benzene rings is 4. The number of para-hydroxylation sites is 2. The van der Waals surface area contributed by atoms with E-state index in [1.54, 1.807) is 0 Å². The van der Waals surface area contributed by atoms with E-state index in [1.165, 1.54) is 0 Å². The third kappa shape index (κ3) is 4.77. The largest absolute Gasteiger partial charge is 0.457 e. The first-order chi connectivity index (χ1) is 14.2. The zero-order chi connectivity index (χ0) is 20.1. The summed E-state index contributed by atoms with van der Waals surface area (Å²) in [6.45, 7) is 4.16. The Labute approximate surface area is 171 Å². The average Bonchev–Trinajstić information content (AvgIpc) is 2.74. The standard InChI is InChI=1S/C26H23NO2/c1-19-13-15-23(28-21-9-5-3-6-10-21)17-25(19)27-26-18-24(16-14-20(26)2)29-22-11-7-4-8-12-22/h3-18,27H,1-2H3. The van der Waals surface area contributed by atoms with Gasteiger partial charge in [0, 0.05) is 23.5 Å². The van der Waals surface area contributed by atoms with Gasteiger partial charge in [0.15, 0.2) is 0 Å². The fourth-order valence-electron chi connectivity index (χ4n) is 2.99. The summed E-state index contributed by atoms with van der Waals surface area (Å²) in [4.78, 5) is 0. The molecule has 4 aromatic carbocycles. The fourth-order valence-corrected chi connectivity index (χ4v) is 2.99. The number of hydrogen-bond donors (Lipinski definition) is 1. The summed E-state index contributed by atoms with van der Waals surface area (Å²) in [5.41, 5.74) is 4.27. The van der Waals surface area contributed by atoms with Gasteiger partial charge >= 0.3 is 0 Å². The molecule has 0 saturated carbocycles. The van der Waals surface area contributed by atoms with E-state index in [4.69, 9.17) is 9.47 Å². The van der Waals surface area contributed by atoms with Gasteiger partial charge in [-0.25, -0.2) is 0 Å². The zero-order valence-corrected chi connectivity index (χ0v) is 16.6. The molecule has 0 bridgehead atoms. The van der Waals surface area contributed by atoms with Crippen LogP contribution in [0.2, 0.25) is 0 Å². The number of ether oxygens (including phenoxy) is 2. The van der Waals surface area contributed by atoms with Crippen molar-refractivity contribution < 1.29 is 9.47 Å². The molecular weight excluding hydrogens is 358 g/mol. The molecule has 144 valence electrons. The molecule has 0 fully saturated rings. The number of nitrogens with one attached hydrogen (secondary N) is 1. The molecule has 29 heavy (non-hydrogen) atoms. The van der Waals surface area contributed by atoms with Crippen LogP contribution >= 0.6 is 0 Å². The SMILES string of the molecule is Cc1ccc(Oc2ccccc2)cc1Nc1cc(Oc2ccccc2)ccc1C. The monoisotopic (exact) mass is 381 g/mol. The first-order valence-corrected chi connectivity index (χ1v) is 9.61. The molecule has 3 nitrogen and oxygen atoms in total. The lowest BCUT2D eigenvalue weighted by atomic mass is 10.1. The van der Waals surface area contributed by atoms with Crippen LogP contribution in [-0.4, -0.2) is 0 Å². The third-order valence-electron chi connectivity index (χ3n) is 4.65. The summed E-state index contributed by atoms with van der Waals surface area (Å²) in [6, 6.07) is 31.7.